The average molecular weight is 508 g/mol. The van der Waals surface area contributed by atoms with E-state index in [9.17, 15) is 19.2 Å². The maximum Gasteiger partial charge on any atom is 0.415 e. The molecule has 1 N–H and O–H groups in total. The monoisotopic (exact) mass is 507 g/mol. The molecule has 0 saturated carbocycles. The van der Waals surface area contributed by atoms with Crippen molar-refractivity contribution in [2.24, 2.45) is 0 Å². The lowest BCUT2D eigenvalue weighted by Crippen LogP contribution is -2.51. The molecule has 2 aliphatic heterocycles. The Balaban J connectivity index is 1.40. The molecule has 0 unspecified atom stereocenters. The first-order chi connectivity index (χ1) is 18.0. The first kappa shape index (κ1) is 26.2. The van der Waals surface area contributed by atoms with Gasteiger partial charge in [-0.05, 0) is 62.4 Å². The minimum atomic E-state index is -0.917. The Kier molecular flexibility index (Phi) is 8.77. The van der Waals surface area contributed by atoms with Crippen LogP contribution in [0.5, 0.6) is 5.75 Å². The van der Waals surface area contributed by atoms with Gasteiger partial charge in [0.2, 0.25) is 5.91 Å². The zero-order valence-corrected chi connectivity index (χ0v) is 21.1. The Labute approximate surface area is 216 Å². The number of carbonyl (C=O) groups excluding carboxylic acids is 4. The van der Waals surface area contributed by atoms with Crippen LogP contribution in [0.2, 0.25) is 0 Å². The number of nitrogens with zero attached hydrogens (tertiary/aromatic N) is 2. The minimum absolute atomic E-state index is 0.179. The molecule has 0 spiro atoms. The van der Waals surface area contributed by atoms with E-state index in [0.29, 0.717) is 43.8 Å². The van der Waals surface area contributed by atoms with Crippen molar-refractivity contribution in [3.05, 3.63) is 65.7 Å². The number of hydrogen-bond donors (Lipinski definition) is 1. The lowest BCUT2D eigenvalue weighted by molar-refractivity contribution is -0.147. The highest BCUT2D eigenvalue weighted by Crippen LogP contribution is 2.21. The summed E-state index contributed by atoms with van der Waals surface area (Å²) >= 11 is 0. The predicted molar refractivity (Wildman–Crippen MR) is 136 cm³/mol. The van der Waals surface area contributed by atoms with Crippen molar-refractivity contribution in [2.75, 3.05) is 26.2 Å². The van der Waals surface area contributed by atoms with Gasteiger partial charge >= 0.3 is 12.1 Å². The van der Waals surface area contributed by atoms with Crippen LogP contribution >= 0.6 is 0 Å². The van der Waals surface area contributed by atoms with Gasteiger partial charge in [-0.25, -0.2) is 9.59 Å². The summed E-state index contributed by atoms with van der Waals surface area (Å²) in [6.07, 6.45) is 3.02. The van der Waals surface area contributed by atoms with Crippen molar-refractivity contribution >= 4 is 23.9 Å². The van der Waals surface area contributed by atoms with Gasteiger partial charge in [0.1, 0.15) is 17.8 Å². The predicted octanol–water partition coefficient (Wildman–Crippen LogP) is 3.18. The Bertz CT molecular complexity index is 1100. The highest BCUT2D eigenvalue weighted by atomic mass is 16.6. The fourth-order valence-electron chi connectivity index (χ4n) is 4.73. The van der Waals surface area contributed by atoms with Crippen molar-refractivity contribution in [3.8, 4) is 5.75 Å². The average Bonchev–Trinajstić information content (AvgIpc) is 3.62. The maximum absolute atomic E-state index is 13.2. The second-order valence-electron chi connectivity index (χ2n) is 9.25. The van der Waals surface area contributed by atoms with Crippen LogP contribution in [-0.4, -0.2) is 72.0 Å². The number of amides is 3. The van der Waals surface area contributed by atoms with Gasteiger partial charge in [0.25, 0.3) is 5.91 Å². The van der Waals surface area contributed by atoms with Crippen molar-refractivity contribution in [3.63, 3.8) is 0 Å². The van der Waals surface area contributed by atoms with Gasteiger partial charge in [-0.3, -0.25) is 9.59 Å². The summed E-state index contributed by atoms with van der Waals surface area (Å²) in [5.74, 6) is -0.710. The number of carbonyl (C=O) groups is 4. The van der Waals surface area contributed by atoms with Crippen LogP contribution in [0.1, 0.15) is 48.5 Å². The molecule has 0 bridgehead atoms. The Morgan fingerprint density at radius 2 is 1.65 bits per heavy atom. The standard InChI is InChI=1S/C28H33N3O6/c1-2-36-27(34)23(19-20-12-14-22(15-13-20)37-28(35)30-16-6-7-17-30)29-25(32)24-11-8-18-31(24)26(33)21-9-4-3-5-10-21/h3-5,9-10,12-15,23-24H,2,6-8,11,16-19H2,1H3,(H,29,32)/t23-,24-/m0/s1. The normalized spacial score (nSPS) is 17.8. The van der Waals surface area contributed by atoms with Crippen LogP contribution in [0.15, 0.2) is 54.6 Å². The van der Waals surface area contributed by atoms with Crippen molar-refractivity contribution < 1.29 is 28.7 Å². The van der Waals surface area contributed by atoms with Gasteiger partial charge in [-0.15, -0.1) is 0 Å². The fraction of sp³-hybridized carbons (Fsp3) is 0.429. The molecule has 3 amide bonds. The van der Waals surface area contributed by atoms with E-state index in [2.05, 4.69) is 5.32 Å². The first-order valence-electron chi connectivity index (χ1n) is 12.8. The molecule has 2 atom stereocenters. The second-order valence-corrected chi connectivity index (χ2v) is 9.25. The molecule has 9 nitrogen and oxygen atoms in total. The van der Waals surface area contributed by atoms with Crippen LogP contribution in [0.25, 0.3) is 0 Å². The zero-order chi connectivity index (χ0) is 26.2. The summed E-state index contributed by atoms with van der Waals surface area (Å²) in [6, 6.07) is 14.1. The second kappa shape index (κ2) is 12.4. The smallest absolute Gasteiger partial charge is 0.415 e. The molecule has 196 valence electrons. The molecule has 0 radical (unpaired) electrons. The number of rotatable bonds is 8. The molecular weight excluding hydrogens is 474 g/mol. The minimum Gasteiger partial charge on any atom is -0.464 e. The molecule has 37 heavy (non-hydrogen) atoms. The molecule has 0 aromatic heterocycles. The van der Waals surface area contributed by atoms with Gasteiger partial charge < -0.3 is 24.6 Å². The Hall–Kier alpha value is -3.88. The molecule has 4 rings (SSSR count). The largest absolute Gasteiger partial charge is 0.464 e. The third kappa shape index (κ3) is 6.67. The number of hydrogen-bond acceptors (Lipinski definition) is 6. The highest BCUT2D eigenvalue weighted by Gasteiger charge is 2.36. The van der Waals surface area contributed by atoms with Gasteiger partial charge in [0.15, 0.2) is 0 Å². The fourth-order valence-corrected chi connectivity index (χ4v) is 4.73. The molecule has 9 heteroatoms. The molecule has 2 aromatic rings. The van der Waals surface area contributed by atoms with E-state index in [1.54, 1.807) is 65.3 Å². The third-order valence-corrected chi connectivity index (χ3v) is 6.66. The number of ether oxygens (including phenoxy) is 2. The zero-order valence-electron chi connectivity index (χ0n) is 21.1. The van der Waals surface area contributed by atoms with Crippen LogP contribution < -0.4 is 10.1 Å². The molecule has 2 saturated heterocycles. The lowest BCUT2D eigenvalue weighted by atomic mass is 10.0. The van der Waals surface area contributed by atoms with E-state index in [0.717, 1.165) is 18.4 Å². The Morgan fingerprint density at radius 3 is 2.32 bits per heavy atom. The number of likely N-dealkylation sites (tertiary alicyclic amines) is 2. The van der Waals surface area contributed by atoms with Gasteiger partial charge in [-0.1, -0.05) is 30.3 Å². The van der Waals surface area contributed by atoms with Crippen LogP contribution in [0, 0.1) is 0 Å². The Morgan fingerprint density at radius 1 is 0.946 bits per heavy atom. The van der Waals surface area contributed by atoms with Crippen molar-refractivity contribution in [1.29, 1.82) is 0 Å². The summed E-state index contributed by atoms with van der Waals surface area (Å²) in [6.45, 7) is 3.77. The van der Waals surface area contributed by atoms with Crippen molar-refractivity contribution in [1.82, 2.24) is 15.1 Å². The van der Waals surface area contributed by atoms with Gasteiger partial charge in [-0.2, -0.15) is 0 Å². The van der Waals surface area contributed by atoms with E-state index in [1.807, 2.05) is 6.07 Å². The van der Waals surface area contributed by atoms with Crippen LogP contribution in [-0.2, 0) is 20.7 Å². The van der Waals surface area contributed by atoms with E-state index in [4.69, 9.17) is 9.47 Å². The molecule has 2 heterocycles. The summed E-state index contributed by atoms with van der Waals surface area (Å²) < 4.78 is 10.6. The van der Waals surface area contributed by atoms with E-state index >= 15 is 0 Å². The quantitative estimate of drug-likeness (QED) is 0.551. The van der Waals surface area contributed by atoms with Gasteiger partial charge in [0.05, 0.1) is 6.61 Å². The first-order valence-corrected chi connectivity index (χ1v) is 12.8. The van der Waals surface area contributed by atoms with E-state index in [1.165, 1.54) is 0 Å². The number of nitrogens with one attached hydrogen (secondary N) is 1. The molecule has 2 aromatic carbocycles. The van der Waals surface area contributed by atoms with Crippen molar-refractivity contribution in [2.45, 2.75) is 51.1 Å². The summed E-state index contributed by atoms with van der Waals surface area (Å²) in [7, 11) is 0. The molecular formula is C28H33N3O6. The van der Waals surface area contributed by atoms with E-state index in [-0.39, 0.29) is 30.9 Å². The molecule has 2 aliphatic rings. The van der Waals surface area contributed by atoms with E-state index < -0.39 is 18.1 Å². The number of benzene rings is 2. The summed E-state index contributed by atoms with van der Waals surface area (Å²) in [5, 5.41) is 2.81. The lowest BCUT2D eigenvalue weighted by Gasteiger charge is -2.26. The third-order valence-electron chi connectivity index (χ3n) is 6.66. The highest BCUT2D eigenvalue weighted by molar-refractivity contribution is 5.98. The maximum atomic E-state index is 13.2. The topological polar surface area (TPSA) is 105 Å². The molecule has 0 aliphatic carbocycles. The van der Waals surface area contributed by atoms with Crippen LogP contribution in [0.4, 0.5) is 4.79 Å². The van der Waals surface area contributed by atoms with Crippen LogP contribution in [0.3, 0.4) is 0 Å². The van der Waals surface area contributed by atoms with Gasteiger partial charge in [0, 0.05) is 31.6 Å². The summed E-state index contributed by atoms with van der Waals surface area (Å²) in [4.78, 5) is 54.4. The SMILES string of the molecule is CCOC(=O)[C@H](Cc1ccc(OC(=O)N2CCCC2)cc1)NC(=O)[C@@H]1CCCN1C(=O)c1ccccc1. The molecule has 2 fully saturated rings. The number of esters is 1. The summed E-state index contributed by atoms with van der Waals surface area (Å²) in [5.41, 5.74) is 1.29.